The second-order valence-corrected chi connectivity index (χ2v) is 9.77. The Kier molecular flexibility index (Phi) is 5.35. The molecule has 1 amide bonds. The van der Waals surface area contributed by atoms with Crippen molar-refractivity contribution >= 4 is 29.1 Å². The first-order valence-corrected chi connectivity index (χ1v) is 11.1. The molecule has 1 aliphatic heterocycles. The Morgan fingerprint density at radius 3 is 2.50 bits per heavy atom. The van der Waals surface area contributed by atoms with Crippen molar-refractivity contribution in [1.82, 2.24) is 5.32 Å². The molecular weight excluding hydrogens is 475 g/mol. The standard InChI is InChI=1S/C24H19ClF3NO5/c25-14-2-1-12(3-15(14)26)33-8-22(32)29-24-9-23(10-24,11-24)7-19(31)21-6-18(30)13-4-16(27)17(28)5-20(13)34-21/h1-5,21H,6-11H2,(H,29,32). The average Bonchev–Trinajstić information content (AvgIpc) is 2.73. The Balaban J connectivity index is 1.11. The van der Waals surface area contributed by atoms with Crippen LogP contribution >= 0.6 is 11.6 Å². The highest BCUT2D eigenvalue weighted by molar-refractivity contribution is 6.30. The number of hydrogen-bond donors (Lipinski definition) is 1. The lowest BCUT2D eigenvalue weighted by Gasteiger charge is -2.70. The van der Waals surface area contributed by atoms with E-state index in [1.807, 2.05) is 0 Å². The van der Waals surface area contributed by atoms with E-state index in [0.29, 0.717) is 19.3 Å². The first-order valence-electron chi connectivity index (χ1n) is 10.7. The highest BCUT2D eigenvalue weighted by Gasteiger charge is 2.68. The van der Waals surface area contributed by atoms with Crippen LogP contribution in [0.5, 0.6) is 11.5 Å². The second kappa shape index (κ2) is 8.01. The van der Waals surface area contributed by atoms with Crippen LogP contribution in [0.25, 0.3) is 0 Å². The molecule has 3 aliphatic carbocycles. The van der Waals surface area contributed by atoms with E-state index in [2.05, 4.69) is 5.32 Å². The quantitative estimate of drug-likeness (QED) is 0.626. The summed E-state index contributed by atoms with van der Waals surface area (Å²) in [7, 11) is 0. The average molecular weight is 494 g/mol. The monoisotopic (exact) mass is 493 g/mol. The van der Waals surface area contributed by atoms with Gasteiger partial charge in [0.25, 0.3) is 5.91 Å². The van der Waals surface area contributed by atoms with E-state index in [0.717, 1.165) is 18.2 Å². The van der Waals surface area contributed by atoms with Gasteiger partial charge in [0.05, 0.1) is 17.0 Å². The predicted octanol–water partition coefficient (Wildman–Crippen LogP) is 4.17. The SMILES string of the molecule is O=C(COc1ccc(Cl)c(F)c1)NC12CC(CC(=O)C3CC(=O)c4cc(F)c(F)cc4O3)(C1)C2. The van der Waals surface area contributed by atoms with Crippen LogP contribution in [-0.4, -0.2) is 35.7 Å². The fourth-order valence-corrected chi connectivity index (χ4v) is 5.46. The number of benzene rings is 2. The largest absolute Gasteiger partial charge is 0.484 e. The molecule has 2 aromatic carbocycles. The molecular formula is C24H19ClF3NO5. The summed E-state index contributed by atoms with van der Waals surface area (Å²) in [5.74, 6) is -4.00. The molecule has 1 atom stereocenters. The van der Waals surface area contributed by atoms with Gasteiger partial charge in [-0.05, 0) is 42.9 Å². The fourth-order valence-electron chi connectivity index (χ4n) is 5.35. The second-order valence-electron chi connectivity index (χ2n) is 9.36. The van der Waals surface area contributed by atoms with Crippen LogP contribution < -0.4 is 14.8 Å². The van der Waals surface area contributed by atoms with Gasteiger partial charge in [-0.15, -0.1) is 0 Å². The third-order valence-electron chi connectivity index (χ3n) is 6.68. The first kappa shape index (κ1) is 22.7. The summed E-state index contributed by atoms with van der Waals surface area (Å²) in [6.07, 6.45) is 0.704. The maximum absolute atomic E-state index is 13.5. The third kappa shape index (κ3) is 4.02. The van der Waals surface area contributed by atoms with E-state index in [1.54, 1.807) is 0 Å². The number of Topliss-reactive ketones (excluding diaryl/α,β-unsaturated/α-hetero) is 2. The number of nitrogens with one attached hydrogen (secondary N) is 1. The highest BCUT2D eigenvalue weighted by Crippen LogP contribution is 2.69. The maximum atomic E-state index is 13.5. The molecule has 0 radical (unpaired) electrons. The number of hydrogen-bond acceptors (Lipinski definition) is 5. The Labute approximate surface area is 197 Å². The van der Waals surface area contributed by atoms with E-state index in [1.165, 1.54) is 12.1 Å². The lowest BCUT2D eigenvalue weighted by Crippen LogP contribution is -2.75. The zero-order chi connectivity index (χ0) is 24.3. The molecule has 6 rings (SSSR count). The summed E-state index contributed by atoms with van der Waals surface area (Å²) in [5.41, 5.74) is -0.744. The molecule has 2 aromatic rings. The van der Waals surface area contributed by atoms with Gasteiger partial charge in [-0.1, -0.05) is 11.6 Å². The van der Waals surface area contributed by atoms with Crippen LogP contribution in [0.3, 0.4) is 0 Å². The van der Waals surface area contributed by atoms with Gasteiger partial charge in [0.1, 0.15) is 17.3 Å². The predicted molar refractivity (Wildman–Crippen MR) is 113 cm³/mol. The van der Waals surface area contributed by atoms with Gasteiger partial charge in [0, 0.05) is 24.1 Å². The van der Waals surface area contributed by atoms with E-state index in [-0.39, 0.29) is 58.6 Å². The van der Waals surface area contributed by atoms with Crippen LogP contribution in [0.1, 0.15) is 42.5 Å². The number of fused-ring (bicyclic) bond motifs is 1. The number of carbonyl (C=O) groups is 3. The third-order valence-corrected chi connectivity index (χ3v) is 6.98. The minimum Gasteiger partial charge on any atom is -0.484 e. The lowest BCUT2D eigenvalue weighted by atomic mass is 9.38. The highest BCUT2D eigenvalue weighted by atomic mass is 35.5. The molecule has 1 N–H and O–H groups in total. The van der Waals surface area contributed by atoms with Crippen molar-refractivity contribution in [2.75, 3.05) is 6.61 Å². The van der Waals surface area contributed by atoms with E-state index < -0.39 is 34.9 Å². The Hall–Kier alpha value is -3.07. The molecule has 6 nitrogen and oxygen atoms in total. The molecule has 1 unspecified atom stereocenters. The van der Waals surface area contributed by atoms with Crippen molar-refractivity contribution in [3.63, 3.8) is 0 Å². The van der Waals surface area contributed by atoms with Crippen molar-refractivity contribution in [1.29, 1.82) is 0 Å². The summed E-state index contributed by atoms with van der Waals surface area (Å²) in [4.78, 5) is 37.3. The smallest absolute Gasteiger partial charge is 0.258 e. The van der Waals surface area contributed by atoms with Crippen LogP contribution in [-0.2, 0) is 9.59 Å². The number of rotatable bonds is 7. The minimum atomic E-state index is -1.15. The fraction of sp³-hybridized carbons (Fsp3) is 0.375. The normalized spacial score (nSPS) is 26.5. The van der Waals surface area contributed by atoms with E-state index in [4.69, 9.17) is 21.1 Å². The summed E-state index contributed by atoms with van der Waals surface area (Å²) >= 11 is 5.62. The minimum absolute atomic E-state index is 0.0428. The van der Waals surface area contributed by atoms with Crippen molar-refractivity contribution in [2.24, 2.45) is 5.41 Å². The molecule has 4 aliphatic rings. The Bertz CT molecular complexity index is 1210. The molecule has 34 heavy (non-hydrogen) atoms. The Morgan fingerprint density at radius 1 is 1.09 bits per heavy atom. The van der Waals surface area contributed by atoms with Gasteiger partial charge in [0.15, 0.2) is 35.9 Å². The molecule has 2 bridgehead atoms. The molecule has 0 spiro atoms. The van der Waals surface area contributed by atoms with Gasteiger partial charge in [0.2, 0.25) is 0 Å². The van der Waals surface area contributed by atoms with E-state index in [9.17, 15) is 27.6 Å². The zero-order valence-electron chi connectivity index (χ0n) is 17.8. The van der Waals surface area contributed by atoms with Crippen molar-refractivity contribution in [3.8, 4) is 11.5 Å². The lowest BCUT2D eigenvalue weighted by molar-refractivity contribution is -0.175. The molecule has 0 saturated heterocycles. The molecule has 3 fully saturated rings. The summed E-state index contributed by atoms with van der Waals surface area (Å²) in [5, 5.41) is 2.86. The molecule has 178 valence electrons. The first-order chi connectivity index (χ1) is 16.1. The molecule has 0 aromatic heterocycles. The van der Waals surface area contributed by atoms with Crippen LogP contribution in [0.2, 0.25) is 5.02 Å². The van der Waals surface area contributed by atoms with Gasteiger partial charge in [-0.3, -0.25) is 14.4 Å². The zero-order valence-corrected chi connectivity index (χ0v) is 18.5. The Morgan fingerprint density at radius 2 is 1.79 bits per heavy atom. The van der Waals surface area contributed by atoms with Gasteiger partial charge >= 0.3 is 0 Å². The number of halogens is 4. The van der Waals surface area contributed by atoms with Crippen molar-refractivity contribution in [2.45, 2.75) is 43.7 Å². The van der Waals surface area contributed by atoms with Gasteiger partial charge in [-0.25, -0.2) is 13.2 Å². The number of amides is 1. The summed E-state index contributed by atoms with van der Waals surface area (Å²) in [6.45, 7) is -0.288. The summed E-state index contributed by atoms with van der Waals surface area (Å²) < 4.78 is 51.2. The van der Waals surface area contributed by atoms with E-state index >= 15 is 0 Å². The number of carbonyl (C=O) groups excluding carboxylic acids is 3. The van der Waals surface area contributed by atoms with Gasteiger partial charge in [-0.2, -0.15) is 0 Å². The van der Waals surface area contributed by atoms with Crippen molar-refractivity contribution < 1.29 is 37.0 Å². The molecule has 3 saturated carbocycles. The molecule has 1 heterocycles. The van der Waals surface area contributed by atoms with Gasteiger partial charge < -0.3 is 14.8 Å². The summed E-state index contributed by atoms with van der Waals surface area (Å²) in [6, 6.07) is 5.46. The van der Waals surface area contributed by atoms with Crippen molar-refractivity contribution in [3.05, 3.63) is 58.4 Å². The van der Waals surface area contributed by atoms with Crippen LogP contribution in [0.15, 0.2) is 30.3 Å². The maximum Gasteiger partial charge on any atom is 0.258 e. The topological polar surface area (TPSA) is 81.7 Å². The number of ketones is 2. The molecule has 10 heteroatoms. The van der Waals surface area contributed by atoms with Crippen LogP contribution in [0.4, 0.5) is 13.2 Å². The number of ether oxygens (including phenoxy) is 2. The van der Waals surface area contributed by atoms with Crippen LogP contribution in [0, 0.1) is 22.9 Å².